The van der Waals surface area contributed by atoms with Crippen molar-refractivity contribution in [3.05, 3.63) is 0 Å². The average molecular weight is 284 g/mol. The Kier molecular flexibility index (Phi) is 5.37. The van der Waals surface area contributed by atoms with Gasteiger partial charge in [0.05, 0.1) is 0 Å². The van der Waals surface area contributed by atoms with Crippen molar-refractivity contribution < 1.29 is 0 Å². The molecule has 0 bridgehead atoms. The van der Waals surface area contributed by atoms with Crippen LogP contribution < -0.4 is 0 Å². The summed E-state index contributed by atoms with van der Waals surface area (Å²) in [6.07, 6.45) is 12.4. The van der Waals surface area contributed by atoms with E-state index in [9.17, 15) is 0 Å². The van der Waals surface area contributed by atoms with Gasteiger partial charge in [-0.05, 0) is 38.5 Å². The molecular weight excluding hydrogens is 254 g/mol. The zero-order valence-corrected chi connectivity index (χ0v) is 14.2. The predicted molar refractivity (Wildman–Crippen MR) is 87.5 cm³/mol. The third kappa shape index (κ3) is 5.08. The van der Waals surface area contributed by atoms with E-state index >= 15 is 0 Å². The zero-order chi connectivity index (χ0) is 13.0. The number of aliphatic imine (C=N–C) groups is 1. The standard InChI is InChI=1S/C15H29NSSi/c1-18(2,3)17-15-11-7-6-10-14(12-15)16-13-8-4-5-9-13/h13,15H,4-12H2,1-3H3/b16-14+. The molecule has 0 aromatic heterocycles. The number of hydrogen-bond donors (Lipinski definition) is 0. The summed E-state index contributed by atoms with van der Waals surface area (Å²) in [5.74, 6) is 0. The van der Waals surface area contributed by atoms with Crippen LogP contribution in [-0.4, -0.2) is 24.2 Å². The molecule has 2 rings (SSSR count). The molecule has 104 valence electrons. The molecule has 3 heteroatoms. The van der Waals surface area contributed by atoms with Crippen molar-refractivity contribution in [1.29, 1.82) is 0 Å². The molecule has 1 nitrogen and oxygen atoms in total. The first kappa shape index (κ1) is 14.6. The minimum absolute atomic E-state index is 0.690. The minimum Gasteiger partial charge on any atom is -0.291 e. The molecule has 0 aromatic rings. The van der Waals surface area contributed by atoms with E-state index in [0.717, 1.165) is 5.25 Å². The lowest BCUT2D eigenvalue weighted by atomic mass is 10.1. The zero-order valence-electron chi connectivity index (χ0n) is 12.4. The largest absolute Gasteiger partial charge is 0.291 e. The van der Waals surface area contributed by atoms with Gasteiger partial charge < -0.3 is 0 Å². The highest BCUT2D eigenvalue weighted by molar-refractivity contribution is 8.29. The maximum absolute atomic E-state index is 5.09. The van der Waals surface area contributed by atoms with Crippen LogP contribution >= 0.6 is 11.2 Å². The van der Waals surface area contributed by atoms with E-state index in [-0.39, 0.29) is 0 Å². The van der Waals surface area contributed by atoms with Crippen molar-refractivity contribution in [3.8, 4) is 0 Å². The van der Waals surface area contributed by atoms with Crippen LogP contribution in [0.2, 0.25) is 19.6 Å². The van der Waals surface area contributed by atoms with Gasteiger partial charge in [-0.2, -0.15) is 11.2 Å². The summed E-state index contributed by atoms with van der Waals surface area (Å²) in [5, 5.41) is 0.874. The molecule has 0 amide bonds. The van der Waals surface area contributed by atoms with E-state index in [1.165, 1.54) is 57.8 Å². The van der Waals surface area contributed by atoms with Crippen LogP contribution in [-0.2, 0) is 0 Å². The lowest BCUT2D eigenvalue weighted by molar-refractivity contribution is 0.699. The van der Waals surface area contributed by atoms with E-state index in [2.05, 4.69) is 30.9 Å². The molecule has 1 unspecified atom stereocenters. The normalized spacial score (nSPS) is 29.7. The number of nitrogens with zero attached hydrogens (tertiary/aromatic N) is 1. The van der Waals surface area contributed by atoms with E-state index in [1.807, 2.05) is 0 Å². The maximum atomic E-state index is 5.09. The Bertz CT molecular complexity index is 289. The summed E-state index contributed by atoms with van der Waals surface area (Å²) in [5.41, 5.74) is 1.56. The van der Waals surface area contributed by atoms with Gasteiger partial charge in [0.15, 0.2) is 0 Å². The monoisotopic (exact) mass is 283 g/mol. The molecule has 1 atom stereocenters. The van der Waals surface area contributed by atoms with Gasteiger partial charge in [-0.15, -0.1) is 0 Å². The summed E-state index contributed by atoms with van der Waals surface area (Å²) >= 11 is 2.31. The Balaban J connectivity index is 1.94. The van der Waals surface area contributed by atoms with Gasteiger partial charge in [0.25, 0.3) is 0 Å². The smallest absolute Gasteiger partial charge is 0.108 e. The molecule has 18 heavy (non-hydrogen) atoms. The van der Waals surface area contributed by atoms with E-state index in [4.69, 9.17) is 4.99 Å². The molecular formula is C15H29NSSi. The van der Waals surface area contributed by atoms with Crippen LogP contribution in [0.3, 0.4) is 0 Å². The van der Waals surface area contributed by atoms with Crippen molar-refractivity contribution in [1.82, 2.24) is 0 Å². The van der Waals surface area contributed by atoms with E-state index in [1.54, 1.807) is 5.71 Å². The lowest BCUT2D eigenvalue weighted by Gasteiger charge is -2.23. The molecule has 0 spiro atoms. The highest BCUT2D eigenvalue weighted by Gasteiger charge is 2.24. The summed E-state index contributed by atoms with van der Waals surface area (Å²) < 4.78 is 0. The second-order valence-electron chi connectivity index (χ2n) is 6.94. The molecule has 0 aromatic carbocycles. The molecule has 0 saturated heterocycles. The first-order valence-corrected chi connectivity index (χ1v) is 12.9. The third-order valence-corrected chi connectivity index (χ3v) is 8.48. The Morgan fingerprint density at radius 1 is 1.00 bits per heavy atom. The van der Waals surface area contributed by atoms with Crippen LogP contribution in [0.4, 0.5) is 0 Å². The van der Waals surface area contributed by atoms with Crippen LogP contribution in [0.5, 0.6) is 0 Å². The highest BCUT2D eigenvalue weighted by atomic mass is 32.4. The minimum atomic E-state index is -0.979. The number of hydrogen-bond acceptors (Lipinski definition) is 2. The third-order valence-electron chi connectivity index (χ3n) is 3.91. The van der Waals surface area contributed by atoms with Gasteiger partial charge in [-0.25, -0.2) is 0 Å². The summed E-state index contributed by atoms with van der Waals surface area (Å²) in [4.78, 5) is 5.09. The van der Waals surface area contributed by atoms with Crippen molar-refractivity contribution in [2.75, 3.05) is 0 Å². The molecule has 0 N–H and O–H groups in total. The summed E-state index contributed by atoms with van der Waals surface area (Å²) in [7, 11) is -0.979. The molecule has 2 fully saturated rings. The summed E-state index contributed by atoms with van der Waals surface area (Å²) in [6.45, 7) is 7.45. The fourth-order valence-electron chi connectivity index (χ4n) is 3.18. The van der Waals surface area contributed by atoms with Gasteiger partial charge >= 0.3 is 0 Å². The molecule has 0 radical (unpaired) electrons. The van der Waals surface area contributed by atoms with Crippen molar-refractivity contribution in [2.45, 2.75) is 88.7 Å². The van der Waals surface area contributed by atoms with Crippen molar-refractivity contribution in [3.63, 3.8) is 0 Å². The topological polar surface area (TPSA) is 12.4 Å². The first-order chi connectivity index (χ1) is 8.53. The fraction of sp³-hybridized carbons (Fsp3) is 0.933. The fourth-order valence-corrected chi connectivity index (χ4v) is 8.34. The second-order valence-corrected chi connectivity index (χ2v) is 16.4. The molecule has 2 saturated carbocycles. The van der Waals surface area contributed by atoms with Crippen LogP contribution in [0.15, 0.2) is 4.99 Å². The van der Waals surface area contributed by atoms with Crippen LogP contribution in [0.1, 0.15) is 57.8 Å². The van der Waals surface area contributed by atoms with Crippen molar-refractivity contribution >= 4 is 24.1 Å². The van der Waals surface area contributed by atoms with E-state index in [0.29, 0.717) is 6.04 Å². The Labute approximate surface area is 118 Å². The summed E-state index contributed by atoms with van der Waals surface area (Å²) in [6, 6.07) is 0.690. The Hall–Kier alpha value is 0.237. The van der Waals surface area contributed by atoms with Crippen LogP contribution in [0, 0.1) is 0 Å². The molecule has 2 aliphatic carbocycles. The van der Waals surface area contributed by atoms with Gasteiger partial charge in [0, 0.05) is 17.0 Å². The predicted octanol–water partition coefficient (Wildman–Crippen LogP) is 5.27. The van der Waals surface area contributed by atoms with Gasteiger partial charge in [0.2, 0.25) is 0 Å². The lowest BCUT2D eigenvalue weighted by Crippen LogP contribution is -2.22. The molecule has 0 aliphatic heterocycles. The Morgan fingerprint density at radius 2 is 1.67 bits per heavy atom. The first-order valence-electron chi connectivity index (χ1n) is 7.76. The quantitative estimate of drug-likeness (QED) is 0.507. The van der Waals surface area contributed by atoms with Gasteiger partial charge in [0.1, 0.15) is 7.22 Å². The SMILES string of the molecule is C[Si](C)(C)SC1CCCC/C(=N\C2CCCC2)C1. The average Bonchev–Trinajstić information content (AvgIpc) is 2.65. The molecule has 0 heterocycles. The Morgan fingerprint density at radius 3 is 2.33 bits per heavy atom. The van der Waals surface area contributed by atoms with E-state index < -0.39 is 7.22 Å². The highest BCUT2D eigenvalue weighted by Crippen LogP contribution is 2.33. The van der Waals surface area contributed by atoms with Crippen LogP contribution in [0.25, 0.3) is 0 Å². The molecule has 2 aliphatic rings. The maximum Gasteiger partial charge on any atom is 0.108 e. The van der Waals surface area contributed by atoms with Gasteiger partial charge in [-0.3, -0.25) is 4.99 Å². The van der Waals surface area contributed by atoms with Gasteiger partial charge in [-0.1, -0.05) is 38.9 Å². The second kappa shape index (κ2) is 6.60. The van der Waals surface area contributed by atoms with Crippen molar-refractivity contribution in [2.24, 2.45) is 4.99 Å². The number of rotatable bonds is 3.